The summed E-state index contributed by atoms with van der Waals surface area (Å²) in [6, 6.07) is 49.3. The Morgan fingerprint density at radius 2 is 0.527 bits per heavy atom. The summed E-state index contributed by atoms with van der Waals surface area (Å²) >= 11 is 0. The van der Waals surface area contributed by atoms with Crippen LogP contribution in [0, 0.1) is 0 Å². The van der Waals surface area contributed by atoms with Crippen molar-refractivity contribution in [1.29, 1.82) is 0 Å². The fourth-order valence-corrected chi connectivity index (χ4v) is 6.31. The predicted octanol–water partition coefficient (Wildman–Crippen LogP) is 8.91. The van der Waals surface area contributed by atoms with Gasteiger partial charge in [-0.15, -0.1) is 0 Å². The van der Waals surface area contributed by atoms with Crippen LogP contribution in [0.3, 0.4) is 0 Å². The molecule has 10 nitrogen and oxygen atoms in total. The zero-order chi connectivity index (χ0) is 36.4. The van der Waals surface area contributed by atoms with E-state index in [1.165, 1.54) is 0 Å². The van der Waals surface area contributed by atoms with E-state index < -0.39 is 0 Å². The van der Waals surface area contributed by atoms with Gasteiger partial charge in [0.15, 0.2) is 0 Å². The molecule has 55 heavy (non-hydrogen) atoms. The number of benzene rings is 6. The first-order valence-electron chi connectivity index (χ1n) is 17.2. The van der Waals surface area contributed by atoms with Crippen molar-refractivity contribution in [2.45, 2.75) is 0 Å². The van der Waals surface area contributed by atoms with Crippen LogP contribution in [0.25, 0.3) is 89.7 Å². The van der Waals surface area contributed by atoms with E-state index in [1.807, 2.05) is 109 Å². The molecule has 0 radical (unpaired) electrons. The van der Waals surface area contributed by atoms with Gasteiger partial charge in [0.25, 0.3) is 0 Å². The van der Waals surface area contributed by atoms with Gasteiger partial charge in [0.2, 0.25) is 0 Å². The minimum atomic E-state index is 0. The molecule has 0 saturated carbocycles. The normalized spacial score (nSPS) is 10.9. The van der Waals surface area contributed by atoms with E-state index in [0.717, 1.165) is 43.8 Å². The molecule has 0 saturated heterocycles. The standard InChI is InChI=1S/C32H16N8.2C6H6O.Ti/c1-2-10-18-17(9-1)25-33-26(18)38-28-21-13-5-6-14-22(21)30(35-28)40-32-24-16-8-7-15-23(24)31(36-32)39-29-20-12-4-3-11-19(20)27(34-29)37-25;2*7-6-4-2-1-3-5-6;/h1-16H;2*1-5,7H;/q-2;;;+2. The van der Waals surface area contributed by atoms with Crippen molar-refractivity contribution in [2.75, 3.05) is 0 Å². The molecule has 11 rings (SSSR count). The van der Waals surface area contributed by atoms with Gasteiger partial charge < -0.3 is 40.1 Å². The van der Waals surface area contributed by atoms with Crippen LogP contribution in [0.1, 0.15) is 0 Å². The van der Waals surface area contributed by atoms with Gasteiger partial charge in [0, 0.05) is 44.8 Å². The van der Waals surface area contributed by atoms with Crippen LogP contribution in [0.4, 0.5) is 0 Å². The van der Waals surface area contributed by atoms with Crippen molar-refractivity contribution in [3.63, 3.8) is 0 Å². The maximum Gasteiger partial charge on any atom is 2.00 e. The molecule has 0 atom stereocenters. The van der Waals surface area contributed by atoms with Gasteiger partial charge in [-0.1, -0.05) is 133 Å². The molecular formula is C44H28N8O2Ti. The van der Waals surface area contributed by atoms with Crippen molar-refractivity contribution < 1.29 is 31.9 Å². The molecule has 8 bridgehead atoms. The minimum absolute atomic E-state index is 0. The quantitative estimate of drug-likeness (QED) is 0.144. The Morgan fingerprint density at radius 1 is 0.291 bits per heavy atom. The molecule has 2 aliphatic rings. The summed E-state index contributed by atoms with van der Waals surface area (Å²) in [5, 5.41) is 20.8. The second-order valence-corrected chi connectivity index (χ2v) is 12.3. The molecule has 5 heterocycles. The number of aromatic hydroxyl groups is 2. The molecule has 0 fully saturated rings. The Morgan fingerprint density at radius 3 is 0.764 bits per heavy atom. The molecule has 11 heteroatoms. The van der Waals surface area contributed by atoms with Gasteiger partial charge in [-0.3, -0.25) is 0 Å². The van der Waals surface area contributed by atoms with Crippen molar-refractivity contribution in [2.24, 2.45) is 0 Å². The first-order chi connectivity index (χ1) is 26.6. The topological polar surface area (TPSA) is 146 Å². The summed E-state index contributed by atoms with van der Waals surface area (Å²) in [7, 11) is 0. The third kappa shape index (κ3) is 6.95. The second kappa shape index (κ2) is 15.2. The van der Waals surface area contributed by atoms with Gasteiger partial charge in [0.1, 0.15) is 11.5 Å². The minimum Gasteiger partial charge on any atom is -0.508 e. The van der Waals surface area contributed by atoms with Crippen LogP contribution in [0.2, 0.25) is 0 Å². The maximum atomic E-state index is 8.63. The summed E-state index contributed by atoms with van der Waals surface area (Å²) in [5.74, 6) is 2.85. The SMILES string of the molecule is Oc1ccccc1.Oc1ccccc1.[Ti+2].c1ccc2c(c1)-c1nc-2nc2[n-]c(nc3nc(nc4[n-]c(n1)c1ccccc41)-c1ccccc1-3)c1ccccc21. The van der Waals surface area contributed by atoms with E-state index in [2.05, 4.69) is 0 Å². The average molecular weight is 749 g/mol. The molecule has 6 aromatic carbocycles. The number of aromatic nitrogens is 8. The van der Waals surface area contributed by atoms with Crippen LogP contribution < -0.4 is 9.97 Å². The summed E-state index contributed by atoms with van der Waals surface area (Å²) in [5.41, 5.74) is 5.78. The molecule has 0 unspecified atom stereocenters. The third-order valence-corrected chi connectivity index (χ3v) is 8.84. The van der Waals surface area contributed by atoms with E-state index in [-0.39, 0.29) is 21.7 Å². The van der Waals surface area contributed by atoms with Crippen LogP contribution in [0.5, 0.6) is 11.5 Å². The van der Waals surface area contributed by atoms with Crippen LogP contribution in [0.15, 0.2) is 158 Å². The van der Waals surface area contributed by atoms with Crippen molar-refractivity contribution in [3.8, 4) is 57.1 Å². The Kier molecular flexibility index (Phi) is 9.66. The number of nitrogens with zero attached hydrogens (tertiary/aromatic N) is 8. The number of fused-ring (bicyclic) bond motifs is 20. The largest absolute Gasteiger partial charge is 2.00 e. The van der Waals surface area contributed by atoms with E-state index >= 15 is 0 Å². The van der Waals surface area contributed by atoms with Crippen LogP contribution in [-0.4, -0.2) is 40.1 Å². The van der Waals surface area contributed by atoms with Gasteiger partial charge >= 0.3 is 21.7 Å². The fourth-order valence-electron chi connectivity index (χ4n) is 6.31. The van der Waals surface area contributed by atoms with Gasteiger partial charge in [-0.2, -0.15) is 0 Å². The molecule has 0 aliphatic carbocycles. The molecule has 260 valence electrons. The number of hydrogen-bond acceptors (Lipinski definition) is 8. The molecule has 2 N–H and O–H groups in total. The van der Waals surface area contributed by atoms with Gasteiger partial charge in [-0.05, 0) is 45.8 Å². The number of hydrogen-bond donors (Lipinski definition) is 2. The summed E-state index contributed by atoms with van der Waals surface area (Å²) in [4.78, 5) is 39.3. The first kappa shape index (κ1) is 35.0. The van der Waals surface area contributed by atoms with E-state index in [9.17, 15) is 0 Å². The van der Waals surface area contributed by atoms with Gasteiger partial charge in [0.05, 0.1) is 23.3 Å². The zero-order valence-corrected chi connectivity index (χ0v) is 30.5. The first-order valence-corrected chi connectivity index (χ1v) is 17.2. The number of phenolic OH excluding ortho intramolecular Hbond substituents is 2. The molecule has 0 amide bonds. The molecule has 9 aromatic rings. The Balaban J connectivity index is 0.000000241. The summed E-state index contributed by atoms with van der Waals surface area (Å²) in [6.07, 6.45) is 0. The third-order valence-electron chi connectivity index (χ3n) is 8.84. The summed E-state index contributed by atoms with van der Waals surface area (Å²) in [6.45, 7) is 0. The average Bonchev–Trinajstić information content (AvgIpc) is 3.95. The van der Waals surface area contributed by atoms with Gasteiger partial charge in [-0.25, -0.2) is 9.97 Å². The van der Waals surface area contributed by atoms with Crippen molar-refractivity contribution in [1.82, 2.24) is 39.9 Å². The second-order valence-electron chi connectivity index (χ2n) is 12.3. The van der Waals surface area contributed by atoms with E-state index in [0.29, 0.717) is 57.4 Å². The Bertz CT molecular complexity index is 2630. The fraction of sp³-hybridized carbons (Fsp3) is 0. The Hall–Kier alpha value is -7.01. The molecular weight excluding hydrogens is 720 g/mol. The molecule has 2 aliphatic heterocycles. The number of para-hydroxylation sites is 2. The summed E-state index contributed by atoms with van der Waals surface area (Å²) < 4.78 is 0. The van der Waals surface area contributed by atoms with Crippen molar-refractivity contribution >= 4 is 44.1 Å². The monoisotopic (exact) mass is 748 g/mol. The Labute approximate surface area is 329 Å². The smallest absolute Gasteiger partial charge is 0.508 e. The molecule has 0 spiro atoms. The zero-order valence-electron chi connectivity index (χ0n) is 29.0. The predicted molar refractivity (Wildman–Crippen MR) is 210 cm³/mol. The van der Waals surface area contributed by atoms with Crippen LogP contribution in [-0.2, 0) is 21.7 Å². The van der Waals surface area contributed by atoms with Crippen LogP contribution >= 0.6 is 0 Å². The number of rotatable bonds is 0. The van der Waals surface area contributed by atoms with E-state index in [4.69, 9.17) is 50.1 Å². The number of phenols is 2. The molecule has 3 aromatic heterocycles. The maximum absolute atomic E-state index is 8.63. The van der Waals surface area contributed by atoms with E-state index in [1.54, 1.807) is 48.5 Å². The van der Waals surface area contributed by atoms with Crippen molar-refractivity contribution in [3.05, 3.63) is 158 Å².